The van der Waals surface area contributed by atoms with Gasteiger partial charge in [-0.3, -0.25) is 0 Å². The maximum atomic E-state index is 13.2. The van der Waals surface area contributed by atoms with E-state index in [2.05, 4.69) is 43.7 Å². The lowest BCUT2D eigenvalue weighted by molar-refractivity contribution is -0.457. The number of rotatable bonds is 12. The molecule has 1 saturated heterocycles. The van der Waals surface area contributed by atoms with E-state index in [0.29, 0.717) is 42.6 Å². The molecule has 7 unspecified atom stereocenters. The van der Waals surface area contributed by atoms with Crippen LogP contribution in [0.25, 0.3) is 0 Å². The third kappa shape index (κ3) is 7.87. The van der Waals surface area contributed by atoms with E-state index in [1.807, 2.05) is 21.6 Å². The molecule has 3 fully saturated rings. The number of ether oxygens (including phenoxy) is 3. The van der Waals surface area contributed by atoms with Crippen molar-refractivity contribution in [1.82, 2.24) is 0 Å². The van der Waals surface area contributed by atoms with E-state index in [9.17, 15) is 39.5 Å². The lowest BCUT2D eigenvalue weighted by Crippen LogP contribution is -2.67. The molecular weight excluding hydrogens is 703 g/mol. The Kier molecular flexibility index (Phi) is 12.1. The van der Waals surface area contributed by atoms with Crippen LogP contribution in [-0.4, -0.2) is 61.6 Å². The van der Waals surface area contributed by atoms with Crippen LogP contribution in [0.15, 0.2) is 18.2 Å². The molecule has 280 valence electrons. The predicted molar refractivity (Wildman–Crippen MR) is 174 cm³/mol. The largest absolute Gasteiger partial charge is 0.494 e. The van der Waals surface area contributed by atoms with Gasteiger partial charge >= 0.3 is 24.1 Å². The van der Waals surface area contributed by atoms with Gasteiger partial charge < -0.3 is 14.2 Å². The number of hydrogen-bond donors (Lipinski definition) is 0. The zero-order valence-corrected chi connectivity index (χ0v) is 29.7. The Hall–Kier alpha value is -0.990. The molecule has 49 heavy (non-hydrogen) atoms. The second-order valence-corrected chi connectivity index (χ2v) is 17.5. The third-order valence-electron chi connectivity index (χ3n) is 11.9. The van der Waals surface area contributed by atoms with Crippen LogP contribution >= 0.6 is 21.6 Å². The fourth-order valence-electron chi connectivity index (χ4n) is 9.35. The summed E-state index contributed by atoms with van der Waals surface area (Å²) in [5.41, 5.74) is -3.81. The van der Waals surface area contributed by atoms with Gasteiger partial charge in [0.15, 0.2) is 0 Å². The van der Waals surface area contributed by atoms with Crippen LogP contribution < -0.4 is 4.74 Å². The highest BCUT2D eigenvalue weighted by Crippen LogP contribution is 2.62. The van der Waals surface area contributed by atoms with Crippen molar-refractivity contribution in [2.24, 2.45) is 35.0 Å². The minimum atomic E-state index is -6.73. The first kappa shape index (κ1) is 39.2. The molecule has 14 heteroatoms. The van der Waals surface area contributed by atoms with E-state index < -0.39 is 37.2 Å². The van der Waals surface area contributed by atoms with Crippen molar-refractivity contribution in [3.63, 3.8) is 0 Å². The zero-order chi connectivity index (χ0) is 35.8. The highest BCUT2D eigenvalue weighted by Gasteiger charge is 2.85. The fraction of sp³-hybridized carbons (Fsp3) is 0.829. The van der Waals surface area contributed by atoms with Crippen molar-refractivity contribution < 1.29 is 53.7 Å². The van der Waals surface area contributed by atoms with Crippen molar-refractivity contribution in [1.29, 1.82) is 0 Å². The van der Waals surface area contributed by atoms with Crippen LogP contribution in [0, 0.1) is 35.0 Å². The van der Waals surface area contributed by atoms with Gasteiger partial charge in [-0.2, -0.15) is 39.5 Å². The van der Waals surface area contributed by atoms with Crippen LogP contribution in [0.1, 0.15) is 89.2 Å². The first-order valence-electron chi connectivity index (χ1n) is 17.4. The van der Waals surface area contributed by atoms with Gasteiger partial charge in [0, 0.05) is 18.1 Å². The number of hydrogen-bond acceptors (Lipinski definition) is 5. The summed E-state index contributed by atoms with van der Waals surface area (Å²) in [7, 11) is 3.96. The lowest BCUT2D eigenvalue weighted by atomic mass is 9.55. The quantitative estimate of drug-likeness (QED) is 0.120. The summed E-state index contributed by atoms with van der Waals surface area (Å²) < 4.78 is 134. The molecule has 3 aliphatic carbocycles. The van der Waals surface area contributed by atoms with Gasteiger partial charge in [0.1, 0.15) is 5.75 Å². The normalized spacial score (nSPS) is 30.1. The van der Waals surface area contributed by atoms with Crippen LogP contribution in [0.5, 0.6) is 5.75 Å². The molecule has 1 aromatic rings. The van der Waals surface area contributed by atoms with Gasteiger partial charge in [0.25, 0.3) is 0 Å². The summed E-state index contributed by atoms with van der Waals surface area (Å²) in [5.74, 6) is 6.46. The van der Waals surface area contributed by atoms with Crippen LogP contribution in [-0.2, 0) is 15.9 Å². The number of benzene rings is 1. The number of fused-ring (bicyclic) bond motifs is 5. The van der Waals surface area contributed by atoms with Crippen molar-refractivity contribution in [3.05, 3.63) is 29.3 Å². The lowest BCUT2D eigenvalue weighted by Gasteiger charge is -2.50. The second kappa shape index (κ2) is 15.2. The van der Waals surface area contributed by atoms with Gasteiger partial charge in [-0.25, -0.2) is 0 Å². The van der Waals surface area contributed by atoms with E-state index in [4.69, 9.17) is 9.47 Å². The molecule has 0 bridgehead atoms. The molecule has 5 rings (SSSR count). The van der Waals surface area contributed by atoms with Gasteiger partial charge in [-0.1, -0.05) is 48.4 Å². The van der Waals surface area contributed by atoms with Crippen molar-refractivity contribution in [2.75, 3.05) is 31.3 Å². The average Bonchev–Trinajstić information content (AvgIpc) is 3.35. The Morgan fingerprint density at radius 2 is 1.57 bits per heavy atom. The van der Waals surface area contributed by atoms with Gasteiger partial charge in [0.05, 0.1) is 19.3 Å². The minimum Gasteiger partial charge on any atom is -0.494 e. The molecule has 7 atom stereocenters. The first-order valence-corrected chi connectivity index (χ1v) is 19.8. The SMILES string of the molecule is CC(C)C(CCOc1ccc2c(c1)CCC1C2CCC2(C)C(OCCCOC(C(F)(F)F)(C(F)(F)F)C(F)(F)F)CCC12)C1CCSSC1. The van der Waals surface area contributed by atoms with E-state index in [1.54, 1.807) is 0 Å². The van der Waals surface area contributed by atoms with Crippen molar-refractivity contribution >= 4 is 21.6 Å². The molecule has 0 spiro atoms. The summed E-state index contributed by atoms with van der Waals surface area (Å²) in [6.45, 7) is 5.74. The highest BCUT2D eigenvalue weighted by molar-refractivity contribution is 8.76. The van der Waals surface area contributed by atoms with E-state index >= 15 is 0 Å². The average molecular weight is 751 g/mol. The summed E-state index contributed by atoms with van der Waals surface area (Å²) in [6, 6.07) is 6.50. The Balaban J connectivity index is 1.14. The summed E-state index contributed by atoms with van der Waals surface area (Å²) >= 11 is 0. The fourth-order valence-corrected chi connectivity index (χ4v) is 12.0. The minimum absolute atomic E-state index is 0.237. The molecule has 1 heterocycles. The van der Waals surface area contributed by atoms with E-state index in [0.717, 1.165) is 50.2 Å². The second-order valence-electron chi connectivity index (χ2n) is 14.8. The summed E-state index contributed by atoms with van der Waals surface area (Å²) in [5, 5.41) is 0. The maximum Gasteiger partial charge on any atom is 0.435 e. The van der Waals surface area contributed by atoms with Crippen LogP contribution in [0.3, 0.4) is 0 Å². The Labute approximate surface area is 290 Å². The molecule has 4 aliphatic rings. The monoisotopic (exact) mass is 750 g/mol. The molecule has 0 N–H and O–H groups in total. The molecule has 2 saturated carbocycles. The molecular formula is C35H47F9O3S2. The number of aryl methyl sites for hydroxylation is 1. The molecule has 0 aromatic heterocycles. The predicted octanol–water partition coefficient (Wildman–Crippen LogP) is 11.2. The summed E-state index contributed by atoms with van der Waals surface area (Å²) in [6.07, 6.45) is -13.5. The zero-order valence-electron chi connectivity index (χ0n) is 28.1. The molecule has 1 aromatic carbocycles. The van der Waals surface area contributed by atoms with E-state index in [1.165, 1.54) is 29.1 Å². The third-order valence-corrected chi connectivity index (χ3v) is 14.4. The molecule has 1 aliphatic heterocycles. The number of alkyl halides is 9. The van der Waals surface area contributed by atoms with Crippen molar-refractivity contribution in [2.45, 2.75) is 115 Å². The van der Waals surface area contributed by atoms with Gasteiger partial charge in [-0.05, 0) is 122 Å². The smallest absolute Gasteiger partial charge is 0.435 e. The van der Waals surface area contributed by atoms with Gasteiger partial charge in [0.2, 0.25) is 0 Å². The first-order chi connectivity index (χ1) is 22.9. The molecule has 0 amide bonds. The number of halogens is 9. The molecule has 0 radical (unpaired) electrons. The van der Waals surface area contributed by atoms with Crippen molar-refractivity contribution in [3.8, 4) is 5.75 Å². The van der Waals surface area contributed by atoms with Gasteiger partial charge in [-0.15, -0.1) is 0 Å². The van der Waals surface area contributed by atoms with Crippen LogP contribution in [0.2, 0.25) is 0 Å². The Morgan fingerprint density at radius 3 is 2.20 bits per heavy atom. The Morgan fingerprint density at radius 1 is 0.857 bits per heavy atom. The van der Waals surface area contributed by atoms with Crippen LogP contribution in [0.4, 0.5) is 39.5 Å². The maximum absolute atomic E-state index is 13.2. The molecule has 3 nitrogen and oxygen atoms in total. The Bertz CT molecular complexity index is 1210. The van der Waals surface area contributed by atoms with E-state index in [-0.39, 0.29) is 18.1 Å². The standard InChI is InChI=1S/C35H47F9O3S2/c1-21(2)25(23-13-18-48-49-20-23)12-17-45-24-6-8-26-22(19-24)5-7-28-27(26)11-14-31(3)29(28)9-10-30(31)46-15-4-16-47-32(33(36,37)38,34(39,40)41)35(42,43)44/h6,8,19,21,23,25,27-30H,4-5,7,9-18,20H2,1-3H3. The summed E-state index contributed by atoms with van der Waals surface area (Å²) in [4.78, 5) is 0. The topological polar surface area (TPSA) is 27.7 Å². The highest BCUT2D eigenvalue weighted by atomic mass is 33.1.